The third-order valence-electron chi connectivity index (χ3n) is 3.48. The molecule has 1 aromatic rings. The maximum Gasteiger partial charge on any atom is 0.255 e. The molecule has 1 aromatic heterocycles. The molecule has 1 saturated heterocycles. The van der Waals surface area contributed by atoms with Crippen molar-refractivity contribution in [3.63, 3.8) is 0 Å². The molecule has 1 N–H and O–H groups in total. The van der Waals surface area contributed by atoms with Crippen LogP contribution in [0.15, 0.2) is 12.1 Å². The highest BCUT2D eigenvalue weighted by Crippen LogP contribution is 2.22. The Balaban J connectivity index is 2.13. The van der Waals surface area contributed by atoms with Crippen LogP contribution in [0.1, 0.15) is 29.4 Å². The van der Waals surface area contributed by atoms with Gasteiger partial charge < -0.3 is 10.0 Å². The molecule has 2 heterocycles. The van der Waals surface area contributed by atoms with E-state index in [0.717, 1.165) is 6.42 Å². The number of halogens is 1. The number of hydrogen-bond donors (Lipinski definition) is 1. The summed E-state index contributed by atoms with van der Waals surface area (Å²) in [6, 6.07) is 3.34. The zero-order valence-electron chi connectivity index (χ0n) is 10.6. The van der Waals surface area contributed by atoms with Crippen LogP contribution in [0.25, 0.3) is 0 Å². The second-order valence-electron chi connectivity index (χ2n) is 4.81. The van der Waals surface area contributed by atoms with Crippen molar-refractivity contribution in [1.29, 1.82) is 0 Å². The normalized spacial score (nSPS) is 21.1. The Hall–Kier alpha value is -1.13. The molecule has 1 aliphatic heterocycles. The van der Waals surface area contributed by atoms with Crippen LogP contribution in [0.5, 0.6) is 0 Å². The van der Waals surface area contributed by atoms with Crippen LogP contribution in [0.2, 0.25) is 5.15 Å². The Morgan fingerprint density at radius 1 is 1.61 bits per heavy atom. The first kappa shape index (κ1) is 13.3. The van der Waals surface area contributed by atoms with Crippen molar-refractivity contribution in [2.45, 2.75) is 26.4 Å². The number of aliphatic hydroxyl groups excluding tert-OH is 1. The summed E-state index contributed by atoms with van der Waals surface area (Å²) in [5.41, 5.74) is 1.23. The van der Waals surface area contributed by atoms with Gasteiger partial charge in [0.2, 0.25) is 0 Å². The fraction of sp³-hybridized carbons (Fsp3) is 0.538. The third kappa shape index (κ3) is 2.65. The van der Waals surface area contributed by atoms with Gasteiger partial charge in [0.15, 0.2) is 0 Å². The molecule has 0 saturated carbocycles. The Kier molecular flexibility index (Phi) is 3.88. The van der Waals surface area contributed by atoms with E-state index in [0.29, 0.717) is 29.5 Å². The molecule has 5 heteroatoms. The average Bonchev–Trinajstić information content (AvgIpc) is 2.77. The molecular weight excluding hydrogens is 252 g/mol. The third-order valence-corrected chi connectivity index (χ3v) is 3.69. The molecule has 0 aromatic carbocycles. The van der Waals surface area contributed by atoms with Gasteiger partial charge in [-0.1, -0.05) is 11.6 Å². The summed E-state index contributed by atoms with van der Waals surface area (Å²) in [7, 11) is 0. The number of pyridine rings is 1. The summed E-state index contributed by atoms with van der Waals surface area (Å²) >= 11 is 5.78. The number of amides is 1. The van der Waals surface area contributed by atoms with E-state index in [-0.39, 0.29) is 17.9 Å². The Labute approximate surface area is 112 Å². The second kappa shape index (κ2) is 5.24. The van der Waals surface area contributed by atoms with Crippen molar-refractivity contribution in [2.75, 3.05) is 13.1 Å². The molecule has 98 valence electrons. The smallest absolute Gasteiger partial charge is 0.255 e. The number of carbonyl (C=O) groups is 1. The Bertz CT molecular complexity index is 462. The lowest BCUT2D eigenvalue weighted by molar-refractivity contribution is 0.0761. The van der Waals surface area contributed by atoms with Gasteiger partial charge in [-0.25, -0.2) is 4.98 Å². The van der Waals surface area contributed by atoms with E-state index < -0.39 is 0 Å². The summed E-state index contributed by atoms with van der Waals surface area (Å²) < 4.78 is 0. The molecule has 2 atom stereocenters. The maximum absolute atomic E-state index is 12.3. The molecule has 1 fully saturated rings. The minimum Gasteiger partial charge on any atom is -0.393 e. The van der Waals surface area contributed by atoms with Gasteiger partial charge in [0.25, 0.3) is 5.91 Å². The lowest BCUT2D eigenvalue weighted by Gasteiger charge is -2.18. The number of carbonyl (C=O) groups excluding carboxylic acids is 1. The van der Waals surface area contributed by atoms with Crippen molar-refractivity contribution >= 4 is 17.5 Å². The van der Waals surface area contributed by atoms with Crippen LogP contribution in [0.4, 0.5) is 0 Å². The van der Waals surface area contributed by atoms with Gasteiger partial charge in [-0.05, 0) is 32.4 Å². The minimum atomic E-state index is -0.368. The second-order valence-corrected chi connectivity index (χ2v) is 5.19. The molecule has 2 rings (SSSR count). The van der Waals surface area contributed by atoms with Crippen molar-refractivity contribution in [3.8, 4) is 0 Å². The van der Waals surface area contributed by atoms with Gasteiger partial charge in [-0.3, -0.25) is 4.79 Å². The highest BCUT2D eigenvalue weighted by molar-refractivity contribution is 6.29. The number of hydrogen-bond acceptors (Lipinski definition) is 3. The average molecular weight is 269 g/mol. The van der Waals surface area contributed by atoms with Gasteiger partial charge in [0, 0.05) is 19.0 Å². The first-order chi connectivity index (χ1) is 8.49. The van der Waals surface area contributed by atoms with E-state index in [4.69, 9.17) is 11.6 Å². The SMILES string of the molecule is Cc1nc(Cl)ccc1C(=O)N1CCC(C(C)O)C1. The quantitative estimate of drug-likeness (QED) is 0.834. The molecule has 0 bridgehead atoms. The molecule has 0 spiro atoms. The van der Waals surface area contributed by atoms with Crippen LogP contribution in [-0.2, 0) is 0 Å². The zero-order chi connectivity index (χ0) is 13.3. The van der Waals surface area contributed by atoms with E-state index in [1.54, 1.807) is 30.9 Å². The van der Waals surface area contributed by atoms with Gasteiger partial charge in [0.1, 0.15) is 5.15 Å². The van der Waals surface area contributed by atoms with Crippen molar-refractivity contribution < 1.29 is 9.90 Å². The molecule has 0 radical (unpaired) electrons. The van der Waals surface area contributed by atoms with Crippen LogP contribution in [-0.4, -0.2) is 40.1 Å². The first-order valence-electron chi connectivity index (χ1n) is 6.09. The topological polar surface area (TPSA) is 53.4 Å². The lowest BCUT2D eigenvalue weighted by atomic mass is 10.0. The molecule has 1 amide bonds. The molecule has 1 aliphatic rings. The summed E-state index contributed by atoms with van der Waals surface area (Å²) in [4.78, 5) is 18.2. The van der Waals surface area contributed by atoms with E-state index >= 15 is 0 Å². The monoisotopic (exact) mass is 268 g/mol. The van der Waals surface area contributed by atoms with E-state index in [2.05, 4.69) is 4.98 Å². The molecule has 4 nitrogen and oxygen atoms in total. The highest BCUT2D eigenvalue weighted by atomic mass is 35.5. The Morgan fingerprint density at radius 2 is 2.33 bits per heavy atom. The van der Waals surface area contributed by atoms with Crippen LogP contribution >= 0.6 is 11.6 Å². The molecule has 2 unspecified atom stereocenters. The van der Waals surface area contributed by atoms with Gasteiger partial charge >= 0.3 is 0 Å². The van der Waals surface area contributed by atoms with Gasteiger partial charge in [0.05, 0.1) is 17.4 Å². The standard InChI is InChI=1S/C13H17ClN2O2/c1-8-11(3-4-12(14)15-8)13(18)16-6-5-10(7-16)9(2)17/h3-4,9-10,17H,5-7H2,1-2H3. The molecule has 18 heavy (non-hydrogen) atoms. The number of aryl methyl sites for hydroxylation is 1. The molecule has 0 aliphatic carbocycles. The van der Waals surface area contributed by atoms with Crippen molar-refractivity contribution in [3.05, 3.63) is 28.5 Å². The van der Waals surface area contributed by atoms with Crippen LogP contribution < -0.4 is 0 Å². The van der Waals surface area contributed by atoms with Gasteiger partial charge in [-0.2, -0.15) is 0 Å². The predicted molar refractivity (Wildman–Crippen MR) is 69.7 cm³/mol. The largest absolute Gasteiger partial charge is 0.393 e. The van der Waals surface area contributed by atoms with Gasteiger partial charge in [-0.15, -0.1) is 0 Å². The molecular formula is C13H17ClN2O2. The summed E-state index contributed by atoms with van der Waals surface area (Å²) in [6.07, 6.45) is 0.482. The van der Waals surface area contributed by atoms with Crippen molar-refractivity contribution in [1.82, 2.24) is 9.88 Å². The predicted octanol–water partition coefficient (Wildman–Crippen LogP) is 1.89. The number of aliphatic hydroxyl groups is 1. The number of nitrogens with zero attached hydrogens (tertiary/aromatic N) is 2. The first-order valence-corrected chi connectivity index (χ1v) is 6.47. The fourth-order valence-corrected chi connectivity index (χ4v) is 2.48. The summed E-state index contributed by atoms with van der Waals surface area (Å²) in [5.74, 6) is 0.148. The fourth-order valence-electron chi connectivity index (χ4n) is 2.29. The van der Waals surface area contributed by atoms with E-state index in [1.165, 1.54) is 0 Å². The number of aromatic nitrogens is 1. The van der Waals surface area contributed by atoms with E-state index in [1.807, 2.05) is 0 Å². The minimum absolute atomic E-state index is 0.0279. The Morgan fingerprint density at radius 3 is 2.89 bits per heavy atom. The van der Waals surface area contributed by atoms with E-state index in [9.17, 15) is 9.90 Å². The number of rotatable bonds is 2. The summed E-state index contributed by atoms with van der Waals surface area (Å²) in [5, 5.41) is 9.94. The van der Waals surface area contributed by atoms with Crippen LogP contribution in [0, 0.1) is 12.8 Å². The zero-order valence-corrected chi connectivity index (χ0v) is 11.3. The maximum atomic E-state index is 12.3. The van der Waals surface area contributed by atoms with Crippen molar-refractivity contribution in [2.24, 2.45) is 5.92 Å². The van der Waals surface area contributed by atoms with Crippen LogP contribution in [0.3, 0.4) is 0 Å². The highest BCUT2D eigenvalue weighted by Gasteiger charge is 2.30. The number of likely N-dealkylation sites (tertiary alicyclic amines) is 1. The lowest BCUT2D eigenvalue weighted by Crippen LogP contribution is -2.31. The summed E-state index contributed by atoms with van der Waals surface area (Å²) in [6.45, 7) is 4.85.